The highest BCUT2D eigenvalue weighted by Crippen LogP contribution is 2.32. The number of aliphatic hydroxyl groups is 1. The van der Waals surface area contributed by atoms with Gasteiger partial charge in [-0.2, -0.15) is 0 Å². The highest BCUT2D eigenvalue weighted by Gasteiger charge is 2.08. The van der Waals surface area contributed by atoms with Gasteiger partial charge in [-0.1, -0.05) is 12.1 Å². The quantitative estimate of drug-likeness (QED) is 0.384. The molecule has 0 aliphatic carbocycles. The molecule has 0 saturated carbocycles. The second kappa shape index (κ2) is 9.76. The van der Waals surface area contributed by atoms with Crippen molar-refractivity contribution >= 4 is 22.7 Å². The van der Waals surface area contributed by atoms with Gasteiger partial charge in [0, 0.05) is 42.0 Å². The zero-order valence-corrected chi connectivity index (χ0v) is 17.3. The highest BCUT2D eigenvalue weighted by atomic mass is 32.1. The van der Waals surface area contributed by atoms with Crippen molar-refractivity contribution in [3.63, 3.8) is 0 Å². The summed E-state index contributed by atoms with van der Waals surface area (Å²) in [6.45, 7) is 1.64. The van der Waals surface area contributed by atoms with Crippen LogP contribution in [0.3, 0.4) is 0 Å². The van der Waals surface area contributed by atoms with Gasteiger partial charge in [0.1, 0.15) is 17.4 Å². The fourth-order valence-electron chi connectivity index (χ4n) is 2.81. The predicted molar refractivity (Wildman–Crippen MR) is 118 cm³/mol. The molecule has 0 aliphatic heterocycles. The number of rotatable bonds is 9. The molecule has 3 heterocycles. The molecule has 0 spiro atoms. The molecule has 0 amide bonds. The molecule has 4 aromatic rings. The molecule has 0 bridgehead atoms. The van der Waals surface area contributed by atoms with E-state index in [1.165, 1.54) is 4.88 Å². The molecular weight excluding hydrogens is 402 g/mol. The number of nitrogens with one attached hydrogen (secondary N) is 1. The molecule has 0 aliphatic rings. The molecule has 2 N–H and O–H groups in total. The van der Waals surface area contributed by atoms with E-state index in [1.54, 1.807) is 35.1 Å². The van der Waals surface area contributed by atoms with Crippen LogP contribution in [0.5, 0.6) is 5.75 Å². The van der Waals surface area contributed by atoms with Crippen LogP contribution in [0.4, 0.5) is 0 Å². The van der Waals surface area contributed by atoms with E-state index in [2.05, 4.69) is 27.1 Å². The lowest BCUT2D eigenvalue weighted by Gasteiger charge is -2.12. The smallest absolute Gasteiger partial charge is 0.134 e. The summed E-state index contributed by atoms with van der Waals surface area (Å²) in [6.07, 6.45) is 2.80. The van der Waals surface area contributed by atoms with Crippen molar-refractivity contribution in [3.8, 4) is 26.9 Å². The van der Waals surface area contributed by atoms with Gasteiger partial charge in [0.05, 0.1) is 16.7 Å². The molecule has 29 heavy (non-hydrogen) atoms. The first-order valence-electron chi connectivity index (χ1n) is 9.31. The molecule has 5 nitrogen and oxygen atoms in total. The Balaban J connectivity index is 1.23. The van der Waals surface area contributed by atoms with E-state index in [-0.39, 0.29) is 0 Å². The van der Waals surface area contributed by atoms with Crippen LogP contribution in [0.2, 0.25) is 0 Å². The molecule has 1 unspecified atom stereocenters. The Bertz CT molecular complexity index is 1000. The Morgan fingerprint density at radius 1 is 1.07 bits per heavy atom. The lowest BCUT2D eigenvalue weighted by molar-refractivity contribution is 0.171. The largest absolute Gasteiger partial charge is 0.492 e. The van der Waals surface area contributed by atoms with Crippen molar-refractivity contribution < 1.29 is 9.84 Å². The first-order chi connectivity index (χ1) is 14.3. The Hall–Kier alpha value is -2.58. The van der Waals surface area contributed by atoms with Gasteiger partial charge in [-0.25, -0.2) is 4.98 Å². The monoisotopic (exact) mass is 423 g/mol. The van der Waals surface area contributed by atoms with Crippen LogP contribution >= 0.6 is 22.7 Å². The van der Waals surface area contributed by atoms with Gasteiger partial charge in [0.15, 0.2) is 0 Å². The SMILES string of the molecule is OC(CNCCOc1ccc(-c2csc(-c3cccs3)n2)cc1)c1cccnc1. The molecule has 3 aromatic heterocycles. The van der Waals surface area contributed by atoms with Crippen LogP contribution in [0.25, 0.3) is 21.1 Å². The molecule has 0 radical (unpaired) electrons. The van der Waals surface area contributed by atoms with Crippen molar-refractivity contribution in [1.82, 2.24) is 15.3 Å². The first kappa shape index (κ1) is 19.7. The summed E-state index contributed by atoms with van der Waals surface area (Å²) >= 11 is 3.37. The maximum Gasteiger partial charge on any atom is 0.134 e. The molecule has 1 atom stereocenters. The van der Waals surface area contributed by atoms with Crippen molar-refractivity contribution in [2.45, 2.75) is 6.10 Å². The average molecular weight is 424 g/mol. The van der Waals surface area contributed by atoms with Gasteiger partial charge in [-0.05, 0) is 41.8 Å². The maximum atomic E-state index is 10.1. The number of hydrogen-bond acceptors (Lipinski definition) is 7. The third kappa shape index (κ3) is 5.27. The zero-order chi connectivity index (χ0) is 19.9. The standard InChI is InChI=1S/C22H21N3O2S2/c26-20(17-3-1-9-23-13-17)14-24-10-11-27-18-7-5-16(6-8-18)19-15-29-22(25-19)21-4-2-12-28-21/h1-9,12-13,15,20,24,26H,10-11,14H2. The number of ether oxygens (including phenoxy) is 1. The average Bonchev–Trinajstić information content (AvgIpc) is 3.46. The third-order valence-electron chi connectivity index (χ3n) is 4.34. The van der Waals surface area contributed by atoms with Crippen molar-refractivity contribution in [2.75, 3.05) is 19.7 Å². The molecular formula is C22H21N3O2S2. The van der Waals surface area contributed by atoms with E-state index >= 15 is 0 Å². The van der Waals surface area contributed by atoms with Crippen LogP contribution in [0.1, 0.15) is 11.7 Å². The number of thiazole rings is 1. The molecule has 148 valence electrons. The van der Waals surface area contributed by atoms with Gasteiger partial charge in [-0.3, -0.25) is 4.98 Å². The van der Waals surface area contributed by atoms with Gasteiger partial charge in [-0.15, -0.1) is 22.7 Å². The zero-order valence-electron chi connectivity index (χ0n) is 15.7. The van der Waals surface area contributed by atoms with E-state index < -0.39 is 6.10 Å². The minimum absolute atomic E-state index is 0.463. The fraction of sp³-hybridized carbons (Fsp3) is 0.182. The second-order valence-corrected chi connectivity index (χ2v) is 8.20. The molecule has 4 rings (SSSR count). The summed E-state index contributed by atoms with van der Waals surface area (Å²) in [7, 11) is 0. The third-order valence-corrected chi connectivity index (χ3v) is 6.22. The Morgan fingerprint density at radius 3 is 2.72 bits per heavy atom. The fourth-order valence-corrected chi connectivity index (χ4v) is 4.46. The second-order valence-electron chi connectivity index (χ2n) is 6.39. The minimum Gasteiger partial charge on any atom is -0.492 e. The van der Waals surface area contributed by atoms with Gasteiger partial charge in [0.2, 0.25) is 0 Å². The Morgan fingerprint density at radius 2 is 1.97 bits per heavy atom. The predicted octanol–water partition coefficient (Wildman–Crippen LogP) is 4.64. The van der Waals surface area contributed by atoms with E-state index in [4.69, 9.17) is 9.72 Å². The number of hydrogen-bond donors (Lipinski definition) is 2. The number of nitrogens with zero attached hydrogens (tertiary/aromatic N) is 2. The lowest BCUT2D eigenvalue weighted by atomic mass is 10.1. The van der Waals surface area contributed by atoms with Crippen LogP contribution in [-0.4, -0.2) is 34.8 Å². The number of thiophene rings is 1. The molecule has 1 aromatic carbocycles. The Labute approximate surface area is 177 Å². The molecule has 0 saturated heterocycles. The Kier molecular flexibility index (Phi) is 6.63. The lowest BCUT2D eigenvalue weighted by Crippen LogP contribution is -2.26. The number of pyridine rings is 1. The maximum absolute atomic E-state index is 10.1. The summed E-state index contributed by atoms with van der Waals surface area (Å²) in [5, 5.41) is 18.5. The number of aromatic nitrogens is 2. The summed E-state index contributed by atoms with van der Waals surface area (Å²) in [5.74, 6) is 0.817. The molecule has 0 fully saturated rings. The van der Waals surface area contributed by atoms with Crippen LogP contribution in [-0.2, 0) is 0 Å². The van der Waals surface area contributed by atoms with E-state index in [9.17, 15) is 5.11 Å². The normalized spacial score (nSPS) is 12.0. The first-order valence-corrected chi connectivity index (χ1v) is 11.1. The van der Waals surface area contributed by atoms with E-state index in [1.807, 2.05) is 42.5 Å². The van der Waals surface area contributed by atoms with E-state index in [0.717, 1.165) is 27.6 Å². The van der Waals surface area contributed by atoms with Crippen LogP contribution < -0.4 is 10.1 Å². The summed E-state index contributed by atoms with van der Waals surface area (Å²) in [6, 6.07) is 15.8. The van der Waals surface area contributed by atoms with Gasteiger partial charge in [0.25, 0.3) is 0 Å². The van der Waals surface area contributed by atoms with Gasteiger partial charge >= 0.3 is 0 Å². The summed E-state index contributed by atoms with van der Waals surface area (Å²) in [5.41, 5.74) is 2.87. The van der Waals surface area contributed by atoms with Crippen LogP contribution in [0, 0.1) is 0 Å². The van der Waals surface area contributed by atoms with Gasteiger partial charge < -0.3 is 15.2 Å². The van der Waals surface area contributed by atoms with Crippen molar-refractivity contribution in [2.24, 2.45) is 0 Å². The van der Waals surface area contributed by atoms with Crippen molar-refractivity contribution in [3.05, 3.63) is 77.2 Å². The van der Waals surface area contributed by atoms with Crippen LogP contribution in [0.15, 0.2) is 71.7 Å². The minimum atomic E-state index is -0.569. The number of aliphatic hydroxyl groups excluding tert-OH is 1. The molecule has 7 heteroatoms. The van der Waals surface area contributed by atoms with Crippen molar-refractivity contribution in [1.29, 1.82) is 0 Å². The topological polar surface area (TPSA) is 67.3 Å². The summed E-state index contributed by atoms with van der Waals surface area (Å²) < 4.78 is 5.78. The summed E-state index contributed by atoms with van der Waals surface area (Å²) in [4.78, 5) is 9.94. The van der Waals surface area contributed by atoms with E-state index in [0.29, 0.717) is 19.7 Å². The number of benzene rings is 1. The highest BCUT2D eigenvalue weighted by molar-refractivity contribution is 7.20.